The van der Waals surface area contributed by atoms with Crippen LogP contribution in [0.1, 0.15) is 15.9 Å². The van der Waals surface area contributed by atoms with Gasteiger partial charge in [-0.3, -0.25) is 15.5 Å². The van der Waals surface area contributed by atoms with Crippen molar-refractivity contribution >= 4 is 11.9 Å². The summed E-state index contributed by atoms with van der Waals surface area (Å²) in [4.78, 5) is 14.9. The maximum Gasteiger partial charge on any atom is 0.348 e. The highest BCUT2D eigenvalue weighted by Crippen LogP contribution is 2.32. The van der Waals surface area contributed by atoms with Crippen LogP contribution in [0, 0.1) is 0 Å². The first-order chi connectivity index (χ1) is 10.7. The van der Waals surface area contributed by atoms with Crippen molar-refractivity contribution in [3.8, 4) is 11.5 Å². The molecule has 0 atom stereocenters. The van der Waals surface area contributed by atoms with Gasteiger partial charge in [-0.15, -0.1) is 0 Å². The lowest BCUT2D eigenvalue weighted by Gasteiger charge is -2.01. The standard InChI is InChI=1S/C16H15N3O3/c17-16(19-15(20)12-4-2-1-3-5-12)18-9-11-6-7-13-14(8-11)22-10-21-13/h1-8H,9-10H2,(H3,17,18,19,20)/p+1. The lowest BCUT2D eigenvalue weighted by atomic mass is 10.2. The Morgan fingerprint density at radius 3 is 2.73 bits per heavy atom. The number of carbonyl (C=O) groups is 1. The third-order valence-corrected chi connectivity index (χ3v) is 3.20. The average molecular weight is 298 g/mol. The molecular weight excluding hydrogens is 282 g/mol. The number of hydrogen-bond donors (Lipinski definition) is 3. The predicted octanol–water partition coefficient (Wildman–Crippen LogP) is -0.259. The molecule has 6 nitrogen and oxygen atoms in total. The van der Waals surface area contributed by atoms with Gasteiger partial charge >= 0.3 is 11.9 Å². The lowest BCUT2D eigenvalue weighted by molar-refractivity contribution is -0.478. The van der Waals surface area contributed by atoms with Crippen LogP contribution in [0.2, 0.25) is 0 Å². The second-order valence-electron chi connectivity index (χ2n) is 4.77. The van der Waals surface area contributed by atoms with Crippen LogP contribution in [-0.2, 0) is 6.54 Å². The van der Waals surface area contributed by atoms with E-state index in [9.17, 15) is 4.79 Å². The zero-order valence-corrected chi connectivity index (χ0v) is 11.8. The predicted molar refractivity (Wildman–Crippen MR) is 80.3 cm³/mol. The Morgan fingerprint density at radius 2 is 1.91 bits per heavy atom. The maximum atomic E-state index is 11.9. The number of rotatable bonds is 3. The molecule has 0 bridgehead atoms. The van der Waals surface area contributed by atoms with E-state index in [1.54, 1.807) is 24.3 Å². The Labute approximate surface area is 127 Å². The van der Waals surface area contributed by atoms with Gasteiger partial charge in [0.15, 0.2) is 11.5 Å². The molecule has 0 fully saturated rings. The van der Waals surface area contributed by atoms with Crippen LogP contribution in [0.3, 0.4) is 0 Å². The van der Waals surface area contributed by atoms with Crippen LogP contribution in [-0.4, -0.2) is 18.7 Å². The number of hydrogen-bond acceptors (Lipinski definition) is 3. The monoisotopic (exact) mass is 298 g/mol. The quantitative estimate of drug-likeness (QED) is 0.538. The van der Waals surface area contributed by atoms with Gasteiger partial charge in [0.25, 0.3) is 0 Å². The van der Waals surface area contributed by atoms with Crippen LogP contribution in [0.5, 0.6) is 11.5 Å². The second kappa shape index (κ2) is 6.17. The summed E-state index contributed by atoms with van der Waals surface area (Å²) in [6.45, 7) is 0.713. The normalized spacial score (nSPS) is 13.0. The van der Waals surface area contributed by atoms with Gasteiger partial charge in [0.1, 0.15) is 0 Å². The number of amides is 1. The molecule has 0 unspecified atom stereocenters. The molecule has 2 aromatic carbocycles. The summed E-state index contributed by atoms with van der Waals surface area (Å²) in [5.74, 6) is 1.40. The van der Waals surface area contributed by atoms with Crippen molar-refractivity contribution in [1.82, 2.24) is 5.32 Å². The minimum absolute atomic E-state index is 0.200. The number of fused-ring (bicyclic) bond motifs is 1. The van der Waals surface area contributed by atoms with Crippen molar-refractivity contribution in [2.75, 3.05) is 6.79 Å². The summed E-state index contributed by atoms with van der Waals surface area (Å²) in [6.07, 6.45) is 0. The van der Waals surface area contributed by atoms with Crippen LogP contribution >= 0.6 is 0 Å². The van der Waals surface area contributed by atoms with Crippen molar-refractivity contribution in [2.24, 2.45) is 5.73 Å². The highest BCUT2D eigenvalue weighted by Gasteiger charge is 2.14. The van der Waals surface area contributed by atoms with E-state index in [4.69, 9.17) is 15.2 Å². The molecule has 0 radical (unpaired) electrons. The summed E-state index contributed by atoms with van der Waals surface area (Å²) in [7, 11) is 0. The summed E-state index contributed by atoms with van der Waals surface area (Å²) in [5, 5.41) is 2.61. The fourth-order valence-electron chi connectivity index (χ4n) is 2.08. The van der Waals surface area contributed by atoms with E-state index in [0.717, 1.165) is 11.3 Å². The van der Waals surface area contributed by atoms with E-state index in [1.807, 2.05) is 24.3 Å². The molecule has 1 amide bonds. The van der Waals surface area contributed by atoms with E-state index in [-0.39, 0.29) is 18.7 Å². The number of carbonyl (C=O) groups excluding carboxylic acids is 1. The summed E-state index contributed by atoms with van der Waals surface area (Å²) in [6, 6.07) is 14.5. The fourth-order valence-corrected chi connectivity index (χ4v) is 2.08. The summed E-state index contributed by atoms with van der Waals surface area (Å²) >= 11 is 0. The second-order valence-corrected chi connectivity index (χ2v) is 4.77. The van der Waals surface area contributed by atoms with Crippen molar-refractivity contribution in [1.29, 1.82) is 0 Å². The van der Waals surface area contributed by atoms with Gasteiger partial charge in [-0.1, -0.05) is 24.3 Å². The first kappa shape index (κ1) is 13.9. The first-order valence-electron chi connectivity index (χ1n) is 6.83. The lowest BCUT2D eigenvalue weighted by Crippen LogP contribution is -2.77. The van der Waals surface area contributed by atoms with Crippen molar-refractivity contribution in [2.45, 2.75) is 6.54 Å². The van der Waals surface area contributed by atoms with Gasteiger partial charge in [0.05, 0.1) is 12.1 Å². The molecule has 1 aliphatic heterocycles. The third-order valence-electron chi connectivity index (χ3n) is 3.20. The minimum atomic E-state index is -0.253. The molecule has 3 rings (SSSR count). The van der Waals surface area contributed by atoms with Crippen molar-refractivity contribution in [3.05, 3.63) is 59.7 Å². The van der Waals surface area contributed by atoms with Crippen LogP contribution < -0.4 is 25.5 Å². The van der Waals surface area contributed by atoms with E-state index in [2.05, 4.69) is 10.3 Å². The van der Waals surface area contributed by atoms with Crippen LogP contribution in [0.15, 0.2) is 48.5 Å². The van der Waals surface area contributed by atoms with E-state index in [0.29, 0.717) is 17.9 Å². The molecule has 4 N–H and O–H groups in total. The average Bonchev–Trinajstić information content (AvgIpc) is 3.01. The molecule has 0 aliphatic carbocycles. The molecule has 0 saturated heterocycles. The van der Waals surface area contributed by atoms with Gasteiger partial charge in [-0.2, -0.15) is 0 Å². The highest BCUT2D eigenvalue weighted by molar-refractivity contribution is 6.03. The molecule has 6 heteroatoms. The van der Waals surface area contributed by atoms with Crippen molar-refractivity contribution < 1.29 is 19.3 Å². The summed E-state index contributed by atoms with van der Waals surface area (Å²) in [5.41, 5.74) is 7.31. The smallest absolute Gasteiger partial charge is 0.348 e. The highest BCUT2D eigenvalue weighted by atomic mass is 16.7. The molecule has 22 heavy (non-hydrogen) atoms. The number of ether oxygens (including phenoxy) is 2. The van der Waals surface area contributed by atoms with Crippen molar-refractivity contribution in [3.63, 3.8) is 0 Å². The molecule has 0 spiro atoms. The minimum Gasteiger partial charge on any atom is -0.454 e. The molecule has 1 heterocycles. The fraction of sp³-hybridized carbons (Fsp3) is 0.125. The van der Waals surface area contributed by atoms with Gasteiger partial charge < -0.3 is 9.47 Å². The Kier molecular flexibility index (Phi) is 3.91. The Hall–Kier alpha value is -3.02. The molecule has 2 aromatic rings. The van der Waals surface area contributed by atoms with Gasteiger partial charge in [0, 0.05) is 0 Å². The van der Waals surface area contributed by atoms with E-state index >= 15 is 0 Å². The van der Waals surface area contributed by atoms with E-state index in [1.165, 1.54) is 0 Å². The zero-order chi connectivity index (χ0) is 15.4. The molecular formula is C16H16N3O3+. The van der Waals surface area contributed by atoms with Gasteiger partial charge in [0.2, 0.25) is 6.79 Å². The number of guanidine groups is 1. The summed E-state index contributed by atoms with van der Waals surface area (Å²) < 4.78 is 10.6. The Morgan fingerprint density at radius 1 is 1.14 bits per heavy atom. The molecule has 0 aromatic heterocycles. The molecule has 0 saturated carbocycles. The topological polar surface area (TPSA) is 87.6 Å². The van der Waals surface area contributed by atoms with Gasteiger partial charge in [-0.05, 0) is 29.8 Å². The van der Waals surface area contributed by atoms with E-state index < -0.39 is 0 Å². The molecule has 1 aliphatic rings. The van der Waals surface area contributed by atoms with Crippen LogP contribution in [0.4, 0.5) is 0 Å². The Balaban J connectivity index is 1.62. The number of nitrogens with two attached hydrogens (primary N) is 1. The zero-order valence-electron chi connectivity index (χ0n) is 11.8. The first-order valence-corrected chi connectivity index (χ1v) is 6.83. The van der Waals surface area contributed by atoms with Crippen LogP contribution in [0.25, 0.3) is 0 Å². The SMILES string of the molecule is NC(NC(=O)c1ccccc1)=[NH+]Cc1ccc2c(c1)OCO2. The maximum absolute atomic E-state index is 11.9. The molecule has 112 valence electrons. The number of nitrogens with one attached hydrogen (secondary N) is 2. The third kappa shape index (κ3) is 3.17. The Bertz CT molecular complexity index is 714. The van der Waals surface area contributed by atoms with Gasteiger partial charge in [-0.25, -0.2) is 5.32 Å². The largest absolute Gasteiger partial charge is 0.454 e. The number of benzene rings is 2.